The Morgan fingerprint density at radius 1 is 1.40 bits per heavy atom. The Bertz CT molecular complexity index is 568. The number of rotatable bonds is 6. The van der Waals surface area contributed by atoms with E-state index in [9.17, 15) is 4.39 Å². The Hall–Kier alpha value is -1.95. The fourth-order valence-electron chi connectivity index (χ4n) is 1.85. The summed E-state index contributed by atoms with van der Waals surface area (Å²) in [5.41, 5.74) is 1.14. The van der Waals surface area contributed by atoms with E-state index in [0.717, 1.165) is 12.2 Å². The topological polar surface area (TPSA) is 52.0 Å². The average molecular weight is 278 g/mol. The van der Waals surface area contributed by atoms with Crippen LogP contribution < -0.4 is 10.1 Å². The van der Waals surface area contributed by atoms with Crippen LogP contribution in [0.25, 0.3) is 5.69 Å². The summed E-state index contributed by atoms with van der Waals surface area (Å²) in [5, 5.41) is 11.1. The van der Waals surface area contributed by atoms with E-state index >= 15 is 0 Å². The summed E-state index contributed by atoms with van der Waals surface area (Å²) in [6.07, 6.45) is 1.63. The van der Waals surface area contributed by atoms with E-state index in [1.165, 1.54) is 10.7 Å². The van der Waals surface area contributed by atoms with Crippen LogP contribution >= 0.6 is 0 Å². The van der Waals surface area contributed by atoms with Gasteiger partial charge in [0.25, 0.3) is 0 Å². The second-order valence-electron chi connectivity index (χ2n) is 4.98. The van der Waals surface area contributed by atoms with Crippen molar-refractivity contribution >= 4 is 0 Å². The zero-order chi connectivity index (χ0) is 14.5. The summed E-state index contributed by atoms with van der Waals surface area (Å²) in [4.78, 5) is 0. The van der Waals surface area contributed by atoms with Crippen LogP contribution in [-0.2, 0) is 6.54 Å². The van der Waals surface area contributed by atoms with E-state index < -0.39 is 0 Å². The number of methoxy groups -OCH3 is 1. The van der Waals surface area contributed by atoms with Crippen molar-refractivity contribution in [2.24, 2.45) is 5.92 Å². The molecule has 1 N–H and O–H groups in total. The Labute approximate surface area is 117 Å². The molecule has 1 aromatic heterocycles. The number of hydrogen-bond donors (Lipinski definition) is 1. The van der Waals surface area contributed by atoms with Crippen LogP contribution in [0.4, 0.5) is 4.39 Å². The van der Waals surface area contributed by atoms with Crippen molar-refractivity contribution in [3.63, 3.8) is 0 Å². The van der Waals surface area contributed by atoms with Gasteiger partial charge in [-0.2, -0.15) is 0 Å². The highest BCUT2D eigenvalue weighted by atomic mass is 19.1. The lowest BCUT2D eigenvalue weighted by atomic mass is 10.2. The van der Waals surface area contributed by atoms with Gasteiger partial charge >= 0.3 is 0 Å². The maximum atomic E-state index is 13.9. The molecule has 0 unspecified atom stereocenters. The second kappa shape index (κ2) is 6.47. The summed E-state index contributed by atoms with van der Waals surface area (Å²) in [5.74, 6) is 0.771. The third kappa shape index (κ3) is 3.33. The molecule has 0 aliphatic carbocycles. The number of aromatic nitrogens is 3. The van der Waals surface area contributed by atoms with Gasteiger partial charge in [0.05, 0.1) is 19.0 Å². The van der Waals surface area contributed by atoms with Crippen LogP contribution in [0.3, 0.4) is 0 Å². The summed E-state index contributed by atoms with van der Waals surface area (Å²) in [7, 11) is 1.55. The largest absolute Gasteiger partial charge is 0.497 e. The van der Waals surface area contributed by atoms with E-state index in [0.29, 0.717) is 23.9 Å². The van der Waals surface area contributed by atoms with Crippen molar-refractivity contribution < 1.29 is 9.13 Å². The minimum absolute atomic E-state index is 0.336. The summed E-state index contributed by atoms with van der Waals surface area (Å²) < 4.78 is 20.5. The molecule has 0 atom stereocenters. The molecule has 6 heteroatoms. The minimum Gasteiger partial charge on any atom is -0.497 e. The van der Waals surface area contributed by atoms with Gasteiger partial charge in [-0.1, -0.05) is 19.1 Å². The number of nitrogens with one attached hydrogen (secondary N) is 1. The van der Waals surface area contributed by atoms with Gasteiger partial charge in [-0.05, 0) is 24.6 Å². The van der Waals surface area contributed by atoms with E-state index in [-0.39, 0.29) is 5.82 Å². The van der Waals surface area contributed by atoms with Crippen molar-refractivity contribution in [1.29, 1.82) is 0 Å². The lowest BCUT2D eigenvalue weighted by Crippen LogP contribution is -2.21. The fourth-order valence-corrected chi connectivity index (χ4v) is 1.85. The van der Waals surface area contributed by atoms with Crippen LogP contribution in [0.2, 0.25) is 0 Å². The Kier molecular flexibility index (Phi) is 4.68. The summed E-state index contributed by atoms with van der Waals surface area (Å²) in [6, 6.07) is 4.55. The summed E-state index contributed by atoms with van der Waals surface area (Å²) >= 11 is 0. The highest BCUT2D eigenvalue weighted by Crippen LogP contribution is 2.20. The zero-order valence-corrected chi connectivity index (χ0v) is 11.9. The van der Waals surface area contributed by atoms with E-state index in [4.69, 9.17) is 4.74 Å². The van der Waals surface area contributed by atoms with Crippen molar-refractivity contribution in [2.75, 3.05) is 13.7 Å². The van der Waals surface area contributed by atoms with Crippen molar-refractivity contribution in [3.8, 4) is 11.4 Å². The highest BCUT2D eigenvalue weighted by Gasteiger charge is 2.12. The van der Waals surface area contributed by atoms with Crippen LogP contribution in [-0.4, -0.2) is 28.6 Å². The Morgan fingerprint density at radius 2 is 2.20 bits per heavy atom. The molecule has 108 valence electrons. The van der Waals surface area contributed by atoms with Crippen molar-refractivity contribution in [2.45, 2.75) is 20.4 Å². The molecule has 1 aromatic carbocycles. The standard InChI is InChI=1S/C14H19FN4O/c1-10(2)7-16-8-11-9-17-18-19(11)14-6-12(20-3)4-5-13(14)15/h4-6,9-10,16H,7-8H2,1-3H3. The molecule has 0 saturated heterocycles. The Balaban J connectivity index is 2.23. The molecular formula is C14H19FN4O. The van der Waals surface area contributed by atoms with Crippen LogP contribution in [0.5, 0.6) is 5.75 Å². The third-order valence-electron chi connectivity index (χ3n) is 2.86. The van der Waals surface area contributed by atoms with E-state index in [2.05, 4.69) is 29.5 Å². The quantitative estimate of drug-likeness (QED) is 0.879. The first-order chi connectivity index (χ1) is 9.61. The van der Waals surface area contributed by atoms with Gasteiger partial charge in [0, 0.05) is 12.6 Å². The molecule has 2 rings (SSSR count). The molecule has 2 aromatic rings. The molecule has 0 bridgehead atoms. The monoisotopic (exact) mass is 278 g/mol. The lowest BCUT2D eigenvalue weighted by Gasteiger charge is -2.10. The van der Waals surface area contributed by atoms with Gasteiger partial charge in [0.1, 0.15) is 17.3 Å². The van der Waals surface area contributed by atoms with Gasteiger partial charge in [-0.25, -0.2) is 9.07 Å². The van der Waals surface area contributed by atoms with E-state index in [1.54, 1.807) is 25.4 Å². The molecule has 0 radical (unpaired) electrons. The van der Waals surface area contributed by atoms with Crippen LogP contribution in [0.1, 0.15) is 19.5 Å². The maximum Gasteiger partial charge on any atom is 0.149 e. The Morgan fingerprint density at radius 3 is 2.90 bits per heavy atom. The molecule has 5 nitrogen and oxygen atoms in total. The first-order valence-corrected chi connectivity index (χ1v) is 6.56. The molecule has 0 aliphatic heterocycles. The smallest absolute Gasteiger partial charge is 0.149 e. The number of halogens is 1. The molecule has 0 amide bonds. The second-order valence-corrected chi connectivity index (χ2v) is 4.98. The number of benzene rings is 1. The lowest BCUT2D eigenvalue weighted by molar-refractivity contribution is 0.413. The molecule has 1 heterocycles. The molecule has 0 spiro atoms. The van der Waals surface area contributed by atoms with Gasteiger partial charge in [0.15, 0.2) is 0 Å². The third-order valence-corrected chi connectivity index (χ3v) is 2.86. The normalized spacial score (nSPS) is 11.1. The average Bonchev–Trinajstić information content (AvgIpc) is 2.87. The maximum absolute atomic E-state index is 13.9. The van der Waals surface area contributed by atoms with Crippen LogP contribution in [0.15, 0.2) is 24.4 Å². The minimum atomic E-state index is -0.360. The molecule has 20 heavy (non-hydrogen) atoms. The SMILES string of the molecule is COc1ccc(F)c(-n2nncc2CNCC(C)C)c1. The zero-order valence-electron chi connectivity index (χ0n) is 11.9. The number of nitrogens with zero attached hydrogens (tertiary/aromatic N) is 3. The van der Waals surface area contributed by atoms with Crippen LogP contribution in [0, 0.1) is 11.7 Å². The first kappa shape index (κ1) is 14.5. The predicted octanol–water partition coefficient (Wildman–Crippen LogP) is 2.16. The molecule has 0 aliphatic rings. The van der Waals surface area contributed by atoms with Gasteiger partial charge in [0.2, 0.25) is 0 Å². The number of hydrogen-bond acceptors (Lipinski definition) is 4. The van der Waals surface area contributed by atoms with Gasteiger partial charge in [-0.15, -0.1) is 5.10 Å². The van der Waals surface area contributed by atoms with E-state index in [1.807, 2.05) is 0 Å². The van der Waals surface area contributed by atoms with Gasteiger partial charge in [-0.3, -0.25) is 0 Å². The van der Waals surface area contributed by atoms with Crippen molar-refractivity contribution in [1.82, 2.24) is 20.3 Å². The predicted molar refractivity (Wildman–Crippen MR) is 74.4 cm³/mol. The number of ether oxygens (including phenoxy) is 1. The molecular weight excluding hydrogens is 259 g/mol. The fraction of sp³-hybridized carbons (Fsp3) is 0.429. The summed E-state index contributed by atoms with van der Waals surface area (Å²) in [6.45, 7) is 5.72. The molecule has 0 saturated carbocycles. The molecule has 0 fully saturated rings. The highest BCUT2D eigenvalue weighted by molar-refractivity contribution is 5.40. The first-order valence-electron chi connectivity index (χ1n) is 6.56. The van der Waals surface area contributed by atoms with Crippen molar-refractivity contribution in [3.05, 3.63) is 35.9 Å². The van der Waals surface area contributed by atoms with Gasteiger partial charge < -0.3 is 10.1 Å².